The van der Waals surface area contributed by atoms with Crippen LogP contribution < -0.4 is 9.64 Å². The molecule has 0 saturated carbocycles. The minimum atomic E-state index is 0.183. The molecule has 1 aliphatic heterocycles. The summed E-state index contributed by atoms with van der Waals surface area (Å²) in [5, 5.41) is 9.79. The molecule has 20 heavy (non-hydrogen) atoms. The molecule has 0 spiro atoms. The fraction of sp³-hybridized carbons (Fsp3) is 0.400. The second-order valence-corrected chi connectivity index (χ2v) is 4.92. The van der Waals surface area contributed by atoms with Crippen molar-refractivity contribution in [2.45, 2.75) is 13.0 Å². The van der Waals surface area contributed by atoms with Crippen molar-refractivity contribution in [1.29, 1.82) is 5.26 Å². The van der Waals surface area contributed by atoms with Crippen LogP contribution in [-0.2, 0) is 4.74 Å². The van der Waals surface area contributed by atoms with Crippen LogP contribution in [0, 0.1) is 11.3 Å². The van der Waals surface area contributed by atoms with Gasteiger partial charge in [-0.3, -0.25) is 0 Å². The lowest BCUT2D eigenvalue weighted by Gasteiger charge is -2.41. The third-order valence-electron chi connectivity index (χ3n) is 3.35. The van der Waals surface area contributed by atoms with Crippen LogP contribution in [-0.4, -0.2) is 32.9 Å². The highest BCUT2D eigenvalue weighted by Crippen LogP contribution is 2.42. The van der Waals surface area contributed by atoms with E-state index in [0.717, 1.165) is 24.3 Å². The van der Waals surface area contributed by atoms with Crippen LogP contribution in [0.25, 0.3) is 6.08 Å². The van der Waals surface area contributed by atoms with Crippen LogP contribution in [0.1, 0.15) is 18.1 Å². The molecule has 0 radical (unpaired) electrons. The molecule has 1 heterocycles. The van der Waals surface area contributed by atoms with Crippen molar-refractivity contribution in [1.82, 2.24) is 0 Å². The Morgan fingerprint density at radius 3 is 2.80 bits per heavy atom. The summed E-state index contributed by atoms with van der Waals surface area (Å²) in [5.41, 5.74) is 1.98. The summed E-state index contributed by atoms with van der Waals surface area (Å²) >= 11 is 6.20. The molecule has 0 aliphatic carbocycles. The average Bonchev–Trinajstić information content (AvgIpc) is 2.40. The highest BCUT2D eigenvalue weighted by atomic mass is 35.5. The fourth-order valence-corrected chi connectivity index (χ4v) is 2.51. The van der Waals surface area contributed by atoms with Gasteiger partial charge in [-0.15, -0.1) is 0 Å². The normalized spacial score (nSPS) is 14.6. The van der Waals surface area contributed by atoms with Crippen LogP contribution in [0.3, 0.4) is 0 Å². The van der Waals surface area contributed by atoms with Crippen LogP contribution >= 0.6 is 11.6 Å². The van der Waals surface area contributed by atoms with Crippen molar-refractivity contribution in [3.8, 4) is 11.8 Å². The number of anilines is 1. The van der Waals surface area contributed by atoms with Gasteiger partial charge in [0.25, 0.3) is 0 Å². The van der Waals surface area contributed by atoms with Gasteiger partial charge in [-0.05, 0) is 13.0 Å². The molecule has 0 bridgehead atoms. The molecule has 0 atom stereocenters. The van der Waals surface area contributed by atoms with Gasteiger partial charge in [0, 0.05) is 25.8 Å². The largest absolute Gasteiger partial charge is 0.491 e. The Kier molecular flexibility index (Phi) is 4.53. The van der Waals surface area contributed by atoms with Gasteiger partial charge in [-0.2, -0.15) is 5.26 Å². The Balaban J connectivity index is 2.53. The number of nitrogens with zero attached hydrogens (tertiary/aromatic N) is 2. The van der Waals surface area contributed by atoms with Crippen LogP contribution in [0.15, 0.2) is 12.6 Å². The number of methoxy groups -OCH3 is 1. The van der Waals surface area contributed by atoms with Gasteiger partial charge in [-0.25, -0.2) is 0 Å². The third-order valence-corrected chi connectivity index (χ3v) is 3.65. The highest BCUT2D eigenvalue weighted by molar-refractivity contribution is 6.32. The van der Waals surface area contributed by atoms with E-state index in [1.54, 1.807) is 19.3 Å². The van der Waals surface area contributed by atoms with Crippen LogP contribution in [0.4, 0.5) is 5.69 Å². The number of rotatable bonds is 5. The second-order valence-electron chi connectivity index (χ2n) is 4.51. The summed E-state index contributed by atoms with van der Waals surface area (Å²) in [6.45, 7) is 7.65. The lowest BCUT2D eigenvalue weighted by Crippen LogP contribution is -2.52. The summed E-state index contributed by atoms with van der Waals surface area (Å²) in [5.74, 6) is 0.665. The zero-order chi connectivity index (χ0) is 14.7. The zero-order valence-electron chi connectivity index (χ0n) is 11.6. The maximum absolute atomic E-state index is 9.37. The van der Waals surface area contributed by atoms with Crippen molar-refractivity contribution in [2.24, 2.45) is 0 Å². The first kappa shape index (κ1) is 14.7. The van der Waals surface area contributed by atoms with Crippen molar-refractivity contribution in [2.75, 3.05) is 31.7 Å². The van der Waals surface area contributed by atoms with E-state index in [0.29, 0.717) is 22.9 Å². The van der Waals surface area contributed by atoms with Gasteiger partial charge in [0.15, 0.2) is 5.75 Å². The number of halogens is 1. The second kappa shape index (κ2) is 6.17. The summed E-state index contributed by atoms with van der Waals surface area (Å²) < 4.78 is 11.0. The molecule has 1 aromatic rings. The molecule has 2 rings (SSSR count). The quantitative estimate of drug-likeness (QED) is 0.836. The Hall–Kier alpha value is -1.70. The molecule has 0 amide bonds. The van der Waals surface area contributed by atoms with Gasteiger partial charge in [0.1, 0.15) is 6.07 Å². The van der Waals surface area contributed by atoms with E-state index in [4.69, 9.17) is 21.1 Å². The number of hydrogen-bond acceptors (Lipinski definition) is 4. The standard InChI is InChI=1S/C15H17ClN2O2/c1-4-10-6-13(16)12(7-17)14(15(10)20-5-2)18-8-11(9-18)19-3/h4,6,11H,1,5,8-9H2,2-3H3. The van der Waals surface area contributed by atoms with E-state index >= 15 is 0 Å². The molecular weight excluding hydrogens is 276 g/mol. The Morgan fingerprint density at radius 2 is 2.30 bits per heavy atom. The number of hydrogen-bond donors (Lipinski definition) is 0. The molecule has 0 aromatic heterocycles. The first-order chi connectivity index (χ1) is 9.65. The molecular formula is C15H17ClN2O2. The maximum atomic E-state index is 9.37. The van der Waals surface area contributed by atoms with Gasteiger partial charge in [-0.1, -0.05) is 24.3 Å². The SMILES string of the molecule is C=Cc1cc(Cl)c(C#N)c(N2CC(OC)C2)c1OCC. The van der Waals surface area contributed by atoms with Crippen molar-refractivity contribution in [3.63, 3.8) is 0 Å². The molecule has 0 N–H and O–H groups in total. The predicted molar refractivity (Wildman–Crippen MR) is 80.4 cm³/mol. The van der Waals surface area contributed by atoms with E-state index in [-0.39, 0.29) is 6.10 Å². The summed E-state index contributed by atoms with van der Waals surface area (Å²) in [7, 11) is 1.68. The van der Waals surface area contributed by atoms with Crippen LogP contribution in [0.5, 0.6) is 5.75 Å². The molecule has 1 aliphatic rings. The van der Waals surface area contributed by atoms with Crippen molar-refractivity contribution >= 4 is 23.4 Å². The minimum Gasteiger partial charge on any atom is -0.491 e. The minimum absolute atomic E-state index is 0.183. The summed E-state index contributed by atoms with van der Waals surface area (Å²) in [4.78, 5) is 2.05. The summed E-state index contributed by atoms with van der Waals surface area (Å²) in [6, 6.07) is 3.88. The molecule has 4 nitrogen and oxygen atoms in total. The molecule has 5 heteroatoms. The number of ether oxygens (including phenoxy) is 2. The van der Waals surface area contributed by atoms with E-state index in [1.807, 2.05) is 6.92 Å². The van der Waals surface area contributed by atoms with Gasteiger partial charge >= 0.3 is 0 Å². The smallest absolute Gasteiger partial charge is 0.151 e. The maximum Gasteiger partial charge on any atom is 0.151 e. The van der Waals surface area contributed by atoms with Crippen LogP contribution in [0.2, 0.25) is 5.02 Å². The van der Waals surface area contributed by atoms with Gasteiger partial charge in [0.05, 0.1) is 29.0 Å². The topological polar surface area (TPSA) is 45.5 Å². The Bertz CT molecular complexity index is 560. The molecule has 1 aromatic carbocycles. The average molecular weight is 293 g/mol. The first-order valence-corrected chi connectivity index (χ1v) is 6.83. The highest BCUT2D eigenvalue weighted by Gasteiger charge is 2.32. The third kappa shape index (κ3) is 2.47. The lowest BCUT2D eigenvalue weighted by molar-refractivity contribution is 0.0784. The van der Waals surface area contributed by atoms with Crippen molar-refractivity contribution < 1.29 is 9.47 Å². The number of nitriles is 1. The molecule has 0 unspecified atom stereocenters. The zero-order valence-corrected chi connectivity index (χ0v) is 12.4. The van der Waals surface area contributed by atoms with Gasteiger partial charge in [0.2, 0.25) is 0 Å². The Morgan fingerprint density at radius 1 is 1.60 bits per heavy atom. The van der Waals surface area contributed by atoms with Crippen molar-refractivity contribution in [3.05, 3.63) is 28.8 Å². The number of benzene rings is 1. The fourth-order valence-electron chi connectivity index (χ4n) is 2.26. The molecule has 106 valence electrons. The predicted octanol–water partition coefficient (Wildman–Crippen LogP) is 3.09. The van der Waals surface area contributed by atoms with E-state index in [9.17, 15) is 5.26 Å². The van der Waals surface area contributed by atoms with E-state index < -0.39 is 0 Å². The Labute approximate surface area is 124 Å². The van der Waals surface area contributed by atoms with E-state index in [1.165, 1.54) is 0 Å². The monoisotopic (exact) mass is 292 g/mol. The molecule has 1 fully saturated rings. The van der Waals surface area contributed by atoms with Gasteiger partial charge < -0.3 is 14.4 Å². The lowest BCUT2D eigenvalue weighted by atomic mass is 10.0. The molecule has 1 saturated heterocycles. The van der Waals surface area contributed by atoms with E-state index in [2.05, 4.69) is 17.5 Å². The summed E-state index contributed by atoms with van der Waals surface area (Å²) in [6.07, 6.45) is 1.87. The first-order valence-electron chi connectivity index (χ1n) is 6.45.